The molecule has 0 spiro atoms. The van der Waals surface area contributed by atoms with Crippen LogP contribution in [0.2, 0.25) is 0 Å². The van der Waals surface area contributed by atoms with Gasteiger partial charge in [-0.15, -0.1) is 89.0 Å². The van der Waals surface area contributed by atoms with Crippen LogP contribution in [0.1, 0.15) is 0 Å². The number of fused-ring (bicyclic) bond motifs is 3. The van der Waals surface area contributed by atoms with Gasteiger partial charge in [0, 0.05) is 0 Å². The van der Waals surface area contributed by atoms with Crippen LogP contribution in [-0.4, -0.2) is 0 Å². The molecule has 0 heterocycles. The van der Waals surface area contributed by atoms with Crippen molar-refractivity contribution in [2.75, 3.05) is 0 Å². The van der Waals surface area contributed by atoms with E-state index in [2.05, 4.69) is 127 Å². The van der Waals surface area contributed by atoms with Gasteiger partial charge < -0.3 is 0 Å². The van der Waals surface area contributed by atoms with Gasteiger partial charge in [-0.25, -0.2) is 0 Å². The molecule has 6 aromatic carbocycles. The Morgan fingerprint density at radius 3 is 0.929 bits per heavy atom. The Morgan fingerprint density at radius 2 is 0.643 bits per heavy atom. The van der Waals surface area contributed by atoms with Crippen LogP contribution < -0.4 is 0 Å². The zero-order chi connectivity index (χ0) is 18.3. The van der Waals surface area contributed by atoms with Crippen LogP contribution in [0.15, 0.2) is 127 Å². The van der Waals surface area contributed by atoms with Crippen LogP contribution in [-0.2, 0) is 0 Å². The van der Waals surface area contributed by atoms with E-state index in [4.69, 9.17) is 0 Å². The number of rotatable bonds is 0. The first-order valence-electron chi connectivity index (χ1n) is 9.21. The molecule has 0 aliphatic rings. The zero-order valence-electron chi connectivity index (χ0n) is 15.4. The molecule has 0 aliphatic carbocycles. The molecule has 0 fully saturated rings. The molecule has 0 aliphatic heterocycles. The largest absolute Gasteiger partial charge is 3.00 e. The Labute approximate surface area is 196 Å². The maximum Gasteiger partial charge on any atom is 3.00 e. The van der Waals surface area contributed by atoms with E-state index < -0.39 is 0 Å². The average Bonchev–Trinajstić information content (AvgIpc) is 3.48. The first-order chi connectivity index (χ1) is 13.4. The molecule has 0 saturated heterocycles. The van der Waals surface area contributed by atoms with Crippen LogP contribution in [0.4, 0.5) is 0 Å². The molecule has 139 valence electrons. The summed E-state index contributed by atoms with van der Waals surface area (Å²) in [5.41, 5.74) is 0. The van der Waals surface area contributed by atoms with Gasteiger partial charge in [-0.05, 0) is 0 Å². The Morgan fingerprint density at radius 1 is 0.357 bits per heavy atom. The Kier molecular flexibility index (Phi) is 7.57. The topological polar surface area (TPSA) is 0 Å². The molecule has 6 rings (SSSR count). The van der Waals surface area contributed by atoms with Crippen molar-refractivity contribution in [2.24, 2.45) is 0 Å². The molecule has 0 unspecified atom stereocenters. The van der Waals surface area contributed by atoms with E-state index >= 15 is 0 Å². The third kappa shape index (κ3) is 5.18. The van der Waals surface area contributed by atoms with Crippen molar-refractivity contribution in [3.8, 4) is 0 Å². The predicted octanol–water partition coefficient (Wildman–Crippen LogP) is 7.68. The van der Waals surface area contributed by atoms with Crippen LogP contribution in [0.5, 0.6) is 0 Å². The van der Waals surface area contributed by atoms with E-state index in [0.717, 1.165) is 0 Å². The molecule has 0 N–H and O–H groups in total. The summed E-state index contributed by atoms with van der Waals surface area (Å²) in [6.07, 6.45) is 0. The minimum Gasteiger partial charge on any atom is -0.168 e. The van der Waals surface area contributed by atoms with Crippen molar-refractivity contribution in [1.29, 1.82) is 0 Å². The van der Waals surface area contributed by atoms with E-state index in [0.29, 0.717) is 0 Å². The fourth-order valence-corrected chi connectivity index (χ4v) is 3.21. The van der Waals surface area contributed by atoms with Gasteiger partial charge in [0.05, 0.1) is 0 Å². The predicted molar refractivity (Wildman–Crippen MR) is 119 cm³/mol. The van der Waals surface area contributed by atoms with E-state index in [-0.39, 0.29) is 38.2 Å². The summed E-state index contributed by atoms with van der Waals surface area (Å²) in [6.45, 7) is 0. The van der Waals surface area contributed by atoms with Crippen molar-refractivity contribution in [3.05, 3.63) is 127 Å². The second kappa shape index (κ2) is 10.3. The van der Waals surface area contributed by atoms with Crippen LogP contribution >= 0.6 is 0 Å². The molecule has 1 heteroatoms. The summed E-state index contributed by atoms with van der Waals surface area (Å²) in [4.78, 5) is 0. The van der Waals surface area contributed by atoms with Crippen molar-refractivity contribution >= 4 is 32.3 Å². The minimum absolute atomic E-state index is 0. The number of hydrogen-bond acceptors (Lipinski definition) is 0. The van der Waals surface area contributed by atoms with Crippen molar-refractivity contribution in [1.82, 2.24) is 0 Å². The molecule has 0 aromatic heterocycles. The fourth-order valence-electron chi connectivity index (χ4n) is 3.21. The molecule has 0 nitrogen and oxygen atoms in total. The summed E-state index contributed by atoms with van der Waals surface area (Å²) in [5, 5.41) is 7.99. The van der Waals surface area contributed by atoms with E-state index in [1.165, 1.54) is 32.3 Å². The SMILES string of the molecule is [Dy+3].c1ccc2[cH-]ccc2c1.c1ccc2[cH-]ccc2c1.c1ccc2[cH-]ccc2c1. The molecule has 28 heavy (non-hydrogen) atoms. The number of hydrogen-bond donors (Lipinski definition) is 0. The smallest absolute Gasteiger partial charge is 0.168 e. The van der Waals surface area contributed by atoms with Gasteiger partial charge in [0.2, 0.25) is 0 Å². The average molecular weight is 508 g/mol. The molecule has 0 saturated carbocycles. The quantitative estimate of drug-likeness (QED) is 0.185. The van der Waals surface area contributed by atoms with Crippen molar-refractivity contribution < 1.29 is 38.2 Å². The molecule has 6 aromatic rings. The first kappa shape index (κ1) is 20.5. The summed E-state index contributed by atoms with van der Waals surface area (Å²) < 4.78 is 0. The van der Waals surface area contributed by atoms with Gasteiger partial charge in [0.25, 0.3) is 0 Å². The second-order valence-electron chi connectivity index (χ2n) is 6.46. The van der Waals surface area contributed by atoms with Crippen molar-refractivity contribution in [2.45, 2.75) is 0 Å². The Bertz CT molecular complexity index is 985. The van der Waals surface area contributed by atoms with E-state index in [1.54, 1.807) is 0 Å². The molecule has 0 amide bonds. The third-order valence-electron chi connectivity index (χ3n) is 4.64. The molecular formula is C27H21Dy. The Balaban J connectivity index is 0.000000118. The molecular weight excluding hydrogens is 487 g/mol. The summed E-state index contributed by atoms with van der Waals surface area (Å²) in [7, 11) is 0. The van der Waals surface area contributed by atoms with Crippen LogP contribution in [0.3, 0.4) is 0 Å². The van der Waals surface area contributed by atoms with Gasteiger partial charge in [-0.3, -0.25) is 0 Å². The fraction of sp³-hybridized carbons (Fsp3) is 0. The normalized spacial score (nSPS) is 9.86. The van der Waals surface area contributed by atoms with Crippen molar-refractivity contribution in [3.63, 3.8) is 0 Å². The summed E-state index contributed by atoms with van der Waals surface area (Å²) >= 11 is 0. The Hall–Kier alpha value is -2.24. The van der Waals surface area contributed by atoms with Gasteiger partial charge in [0.1, 0.15) is 0 Å². The second-order valence-corrected chi connectivity index (χ2v) is 6.46. The van der Waals surface area contributed by atoms with Gasteiger partial charge in [-0.1, -0.05) is 18.2 Å². The van der Waals surface area contributed by atoms with Crippen LogP contribution in [0, 0.1) is 38.2 Å². The van der Waals surface area contributed by atoms with E-state index in [1.807, 2.05) is 0 Å². The van der Waals surface area contributed by atoms with Crippen LogP contribution in [0.25, 0.3) is 32.3 Å². The maximum atomic E-state index is 2.12. The van der Waals surface area contributed by atoms with Gasteiger partial charge in [-0.2, -0.15) is 52.6 Å². The standard InChI is InChI=1S/3C9H7.Dy/c3*1-2-5-9-7-3-6-8(9)4-1;/h3*1-7H;/q3*-1;+3. The van der Waals surface area contributed by atoms with Gasteiger partial charge >= 0.3 is 38.2 Å². The monoisotopic (exact) mass is 509 g/mol. The van der Waals surface area contributed by atoms with E-state index in [9.17, 15) is 0 Å². The van der Waals surface area contributed by atoms with Gasteiger partial charge in [0.15, 0.2) is 0 Å². The summed E-state index contributed by atoms with van der Waals surface area (Å²) in [5.74, 6) is 0. The maximum absolute atomic E-state index is 2.12. The molecule has 0 atom stereocenters. The zero-order valence-corrected chi connectivity index (χ0v) is 17.5. The summed E-state index contributed by atoms with van der Waals surface area (Å²) in [6, 6.07) is 44.0. The third-order valence-corrected chi connectivity index (χ3v) is 4.64. The number of benzene rings is 3. The molecule has 0 bridgehead atoms. The molecule has 1 radical (unpaired) electrons. The minimum atomic E-state index is 0. The first-order valence-corrected chi connectivity index (χ1v) is 9.21.